The van der Waals surface area contributed by atoms with Crippen LogP contribution < -0.4 is 0 Å². The van der Waals surface area contributed by atoms with Gasteiger partial charge in [0, 0.05) is 39.2 Å². The van der Waals surface area contributed by atoms with Crippen LogP contribution in [0.2, 0.25) is 0 Å². The number of para-hydroxylation sites is 1. The summed E-state index contributed by atoms with van der Waals surface area (Å²) in [6, 6.07) is 42.5. The van der Waals surface area contributed by atoms with E-state index in [9.17, 15) is 5.11 Å². The number of rotatable bonds is 4. The summed E-state index contributed by atoms with van der Waals surface area (Å²) < 4.78 is 7.85. The summed E-state index contributed by atoms with van der Waals surface area (Å²) in [6.07, 6.45) is 1.89. The Kier molecular flexibility index (Phi) is 7.58. The SMILES string of the molecule is CC(C)(C)c1cc(-c2nc3c(-c4cc(-c5cc(-c6ccccc6)ccn5)cc5c4oc4cc6ccccc6cc45)cccc3s2)c(O)c(C(C)(C)C)c1. The lowest BCUT2D eigenvalue weighted by molar-refractivity contribution is 0.446. The molecule has 0 spiro atoms. The summed E-state index contributed by atoms with van der Waals surface area (Å²) in [5, 5.41) is 17.0. The van der Waals surface area contributed by atoms with Crippen molar-refractivity contribution in [1.82, 2.24) is 9.97 Å². The van der Waals surface area contributed by atoms with E-state index in [1.807, 2.05) is 12.3 Å². The average molecular weight is 709 g/mol. The average Bonchev–Trinajstić information content (AvgIpc) is 3.74. The molecule has 260 valence electrons. The molecule has 6 aromatic carbocycles. The summed E-state index contributed by atoms with van der Waals surface area (Å²) >= 11 is 1.61. The Hall–Kier alpha value is -5.78. The summed E-state index contributed by atoms with van der Waals surface area (Å²) in [5.74, 6) is 0.296. The van der Waals surface area contributed by atoms with E-state index in [1.54, 1.807) is 11.3 Å². The van der Waals surface area contributed by atoms with Crippen molar-refractivity contribution in [2.45, 2.75) is 52.4 Å². The summed E-state index contributed by atoms with van der Waals surface area (Å²) in [6.45, 7) is 13.1. The normalized spacial score (nSPS) is 12.4. The first kappa shape index (κ1) is 33.1. The van der Waals surface area contributed by atoms with Gasteiger partial charge in [-0.25, -0.2) is 4.98 Å². The van der Waals surface area contributed by atoms with Crippen LogP contribution in [0.15, 0.2) is 132 Å². The minimum Gasteiger partial charge on any atom is -0.507 e. The van der Waals surface area contributed by atoms with Crippen LogP contribution in [0.5, 0.6) is 5.75 Å². The molecule has 0 bridgehead atoms. The Labute approximate surface area is 313 Å². The number of pyridine rings is 1. The number of aromatic hydroxyl groups is 1. The third-order valence-corrected chi connectivity index (χ3v) is 11.4. The van der Waals surface area contributed by atoms with Crippen molar-refractivity contribution in [2.75, 3.05) is 0 Å². The number of thiazole rings is 1. The highest BCUT2D eigenvalue weighted by Gasteiger charge is 2.27. The summed E-state index contributed by atoms with van der Waals surface area (Å²) in [5.41, 5.74) is 11.1. The van der Waals surface area contributed by atoms with E-state index < -0.39 is 0 Å². The van der Waals surface area contributed by atoms with Gasteiger partial charge in [0.05, 0.1) is 21.5 Å². The van der Waals surface area contributed by atoms with Crippen LogP contribution >= 0.6 is 11.3 Å². The molecule has 3 heterocycles. The molecule has 0 atom stereocenters. The Morgan fingerprint density at radius 3 is 2.11 bits per heavy atom. The van der Waals surface area contributed by atoms with Crippen LogP contribution in [-0.4, -0.2) is 15.1 Å². The van der Waals surface area contributed by atoms with Crippen molar-refractivity contribution in [3.8, 4) is 49.8 Å². The predicted octanol–water partition coefficient (Wildman–Crippen LogP) is 13.7. The largest absolute Gasteiger partial charge is 0.507 e. The quantitative estimate of drug-likeness (QED) is 0.198. The van der Waals surface area contributed by atoms with Crippen LogP contribution in [0.4, 0.5) is 0 Å². The minimum atomic E-state index is -0.244. The van der Waals surface area contributed by atoms with Crippen molar-refractivity contribution in [3.05, 3.63) is 139 Å². The maximum Gasteiger partial charge on any atom is 0.143 e. The molecule has 0 unspecified atom stereocenters. The number of phenolic OH excluding ortho intramolecular Hbond substituents is 1. The fourth-order valence-corrected chi connectivity index (χ4v) is 8.40. The zero-order valence-electron chi connectivity index (χ0n) is 30.8. The summed E-state index contributed by atoms with van der Waals surface area (Å²) in [4.78, 5) is 10.2. The molecule has 0 saturated carbocycles. The van der Waals surface area contributed by atoms with Gasteiger partial charge in [0.1, 0.15) is 21.9 Å². The molecule has 9 rings (SSSR count). The number of fused-ring (bicyclic) bond motifs is 5. The van der Waals surface area contributed by atoms with Gasteiger partial charge in [0.15, 0.2) is 0 Å². The second-order valence-electron chi connectivity index (χ2n) is 16.1. The van der Waals surface area contributed by atoms with Gasteiger partial charge in [0.25, 0.3) is 0 Å². The van der Waals surface area contributed by atoms with Gasteiger partial charge in [-0.1, -0.05) is 114 Å². The van der Waals surface area contributed by atoms with E-state index in [0.717, 1.165) is 92.6 Å². The first-order chi connectivity index (χ1) is 25.4. The first-order valence-corrected chi connectivity index (χ1v) is 18.9. The van der Waals surface area contributed by atoms with E-state index in [1.165, 1.54) is 5.56 Å². The van der Waals surface area contributed by atoms with E-state index in [0.29, 0.717) is 5.75 Å². The molecule has 53 heavy (non-hydrogen) atoms. The number of nitrogens with zero attached hydrogens (tertiary/aromatic N) is 2. The lowest BCUT2D eigenvalue weighted by Gasteiger charge is -2.27. The second-order valence-corrected chi connectivity index (χ2v) is 17.1. The van der Waals surface area contributed by atoms with Crippen LogP contribution in [0.3, 0.4) is 0 Å². The lowest BCUT2D eigenvalue weighted by Crippen LogP contribution is -2.17. The van der Waals surface area contributed by atoms with Gasteiger partial charge < -0.3 is 9.52 Å². The van der Waals surface area contributed by atoms with Crippen molar-refractivity contribution in [3.63, 3.8) is 0 Å². The molecule has 5 heteroatoms. The second kappa shape index (κ2) is 12.1. The lowest BCUT2D eigenvalue weighted by atomic mass is 9.79. The van der Waals surface area contributed by atoms with Crippen LogP contribution in [-0.2, 0) is 10.8 Å². The van der Waals surface area contributed by atoms with Crippen molar-refractivity contribution in [2.24, 2.45) is 0 Å². The van der Waals surface area contributed by atoms with Gasteiger partial charge in [-0.2, -0.15) is 0 Å². The van der Waals surface area contributed by atoms with E-state index in [-0.39, 0.29) is 10.8 Å². The topological polar surface area (TPSA) is 59.2 Å². The molecule has 0 saturated heterocycles. The number of hydrogen-bond donors (Lipinski definition) is 1. The highest BCUT2D eigenvalue weighted by molar-refractivity contribution is 7.21. The highest BCUT2D eigenvalue weighted by Crippen LogP contribution is 2.47. The van der Waals surface area contributed by atoms with Crippen molar-refractivity contribution >= 4 is 54.3 Å². The monoisotopic (exact) mass is 708 g/mol. The van der Waals surface area contributed by atoms with Crippen molar-refractivity contribution < 1.29 is 9.52 Å². The van der Waals surface area contributed by atoms with Crippen LogP contribution in [0, 0.1) is 0 Å². The van der Waals surface area contributed by atoms with E-state index in [2.05, 4.69) is 157 Å². The van der Waals surface area contributed by atoms with Gasteiger partial charge in [-0.3, -0.25) is 4.98 Å². The maximum absolute atomic E-state index is 11.8. The van der Waals surface area contributed by atoms with Gasteiger partial charge in [-0.15, -0.1) is 11.3 Å². The summed E-state index contributed by atoms with van der Waals surface area (Å²) in [7, 11) is 0. The fraction of sp³-hybridized carbons (Fsp3) is 0.167. The standard InChI is InChI=1S/C48H40N2O2S/c1-47(2,3)33-26-38(44(51)39(27-33)48(4,5)6)46-50-43-34(17-12-18-42(43)53-46)36-22-32(40-24-31(19-20-49-40)28-13-8-7-9-14-28)23-37-35-21-29-15-10-11-16-30(29)25-41(35)52-45(36)37/h7-27,51H,1-6H3. The molecular weight excluding hydrogens is 669 g/mol. The fourth-order valence-electron chi connectivity index (χ4n) is 7.39. The zero-order valence-corrected chi connectivity index (χ0v) is 31.6. The highest BCUT2D eigenvalue weighted by atomic mass is 32.1. The Morgan fingerprint density at radius 1 is 0.604 bits per heavy atom. The first-order valence-electron chi connectivity index (χ1n) is 18.1. The molecule has 0 fully saturated rings. The van der Waals surface area contributed by atoms with Gasteiger partial charge in [0.2, 0.25) is 0 Å². The molecule has 0 radical (unpaired) electrons. The third-order valence-electron chi connectivity index (χ3n) is 10.3. The van der Waals surface area contributed by atoms with Crippen LogP contribution in [0.25, 0.3) is 87.0 Å². The number of phenols is 1. The molecule has 0 amide bonds. The molecule has 1 N–H and O–H groups in total. The smallest absolute Gasteiger partial charge is 0.143 e. The van der Waals surface area contributed by atoms with Crippen molar-refractivity contribution in [1.29, 1.82) is 0 Å². The van der Waals surface area contributed by atoms with E-state index >= 15 is 0 Å². The molecule has 9 aromatic rings. The number of furan rings is 1. The Morgan fingerprint density at radius 2 is 1.36 bits per heavy atom. The number of hydrogen-bond acceptors (Lipinski definition) is 5. The van der Waals surface area contributed by atoms with Gasteiger partial charge in [-0.05, 0) is 86.8 Å². The molecule has 0 aliphatic heterocycles. The molecular formula is C48H40N2O2S. The minimum absolute atomic E-state index is 0.103. The maximum atomic E-state index is 11.8. The third kappa shape index (κ3) is 5.76. The van der Waals surface area contributed by atoms with E-state index in [4.69, 9.17) is 14.4 Å². The Balaban J connectivity index is 1.30. The molecule has 0 aliphatic carbocycles. The van der Waals surface area contributed by atoms with Crippen LogP contribution in [0.1, 0.15) is 52.7 Å². The van der Waals surface area contributed by atoms with Gasteiger partial charge >= 0.3 is 0 Å². The molecule has 4 nitrogen and oxygen atoms in total. The number of aromatic nitrogens is 2. The number of benzene rings is 6. The zero-order chi connectivity index (χ0) is 36.6. The molecule has 0 aliphatic rings. The molecule has 3 aromatic heterocycles. The Bertz CT molecular complexity index is 2870. The predicted molar refractivity (Wildman–Crippen MR) is 223 cm³/mol.